The van der Waals surface area contributed by atoms with Gasteiger partial charge in [0, 0.05) is 24.3 Å². The van der Waals surface area contributed by atoms with Crippen LogP contribution in [0.25, 0.3) is 0 Å². The topological polar surface area (TPSA) is 107 Å². The van der Waals surface area contributed by atoms with Crippen LogP contribution in [-0.2, 0) is 9.53 Å². The van der Waals surface area contributed by atoms with E-state index >= 15 is 0 Å². The Kier molecular flexibility index (Phi) is 6.53. The molecule has 2 amide bonds. The third kappa shape index (κ3) is 4.92. The number of hydrogen-bond acceptors (Lipinski definition) is 6. The van der Waals surface area contributed by atoms with E-state index in [-0.39, 0.29) is 11.8 Å². The lowest BCUT2D eigenvalue weighted by Gasteiger charge is -2.31. The van der Waals surface area contributed by atoms with Crippen molar-refractivity contribution in [3.05, 3.63) is 45.1 Å². The molecule has 0 spiro atoms. The summed E-state index contributed by atoms with van der Waals surface area (Å²) in [6.07, 6.45) is 4.86. The minimum absolute atomic E-state index is 0.192. The zero-order valence-electron chi connectivity index (χ0n) is 19.3. The number of aryl methyl sites for hydroxylation is 1. The number of nitrogens with one attached hydrogen (secondary N) is 2. The number of nitrogens with zero attached hydrogens (tertiary/aromatic N) is 3. The summed E-state index contributed by atoms with van der Waals surface area (Å²) in [5.74, 6) is 1.19. The lowest BCUT2D eigenvalue weighted by atomic mass is 9.91. The Bertz CT molecular complexity index is 1230. The zero-order valence-corrected chi connectivity index (χ0v) is 20.9. The van der Waals surface area contributed by atoms with Gasteiger partial charge in [-0.05, 0) is 73.9 Å². The van der Waals surface area contributed by atoms with Gasteiger partial charge in [0.1, 0.15) is 11.4 Å². The fourth-order valence-corrected chi connectivity index (χ4v) is 6.19. The van der Waals surface area contributed by atoms with Crippen LogP contribution in [-0.4, -0.2) is 42.9 Å². The molecule has 2 unspecified atom stereocenters. The second-order valence-corrected chi connectivity index (χ2v) is 11.1. The van der Waals surface area contributed by atoms with Crippen LogP contribution in [0.4, 0.5) is 11.4 Å². The summed E-state index contributed by atoms with van der Waals surface area (Å²) < 4.78 is 6.09. The van der Waals surface area contributed by atoms with Crippen molar-refractivity contribution < 1.29 is 14.3 Å². The van der Waals surface area contributed by atoms with Gasteiger partial charge in [0.2, 0.25) is 12.1 Å². The molecular weight excluding hydrogens is 486 g/mol. The number of nitriles is 1. The summed E-state index contributed by atoms with van der Waals surface area (Å²) in [7, 11) is 0. The summed E-state index contributed by atoms with van der Waals surface area (Å²) >= 11 is 7.21. The number of hydrogen-bond donors (Lipinski definition) is 2. The Morgan fingerprint density at radius 3 is 2.74 bits per heavy atom. The van der Waals surface area contributed by atoms with Gasteiger partial charge in [-0.25, -0.2) is 0 Å². The fraction of sp³-hybridized carbons (Fsp3) is 0.440. The molecule has 1 aliphatic heterocycles. The van der Waals surface area contributed by atoms with Crippen molar-refractivity contribution in [1.82, 2.24) is 5.32 Å². The maximum atomic E-state index is 13.5. The summed E-state index contributed by atoms with van der Waals surface area (Å²) in [6.45, 7) is 3.63. The molecule has 2 aromatic rings. The molecule has 10 heteroatoms. The van der Waals surface area contributed by atoms with E-state index < -0.39 is 5.54 Å². The molecule has 1 aromatic carbocycles. The summed E-state index contributed by atoms with van der Waals surface area (Å²) in [4.78, 5) is 32.9. The number of amidine groups is 1. The molecule has 3 aliphatic rings. The third-order valence-electron chi connectivity index (χ3n) is 7.04. The largest absolute Gasteiger partial charge is 0.379 e. The van der Waals surface area contributed by atoms with Gasteiger partial charge in [0.05, 0.1) is 22.4 Å². The van der Waals surface area contributed by atoms with Gasteiger partial charge in [-0.3, -0.25) is 9.59 Å². The summed E-state index contributed by atoms with van der Waals surface area (Å²) in [5.41, 5.74) is 1.59. The van der Waals surface area contributed by atoms with Crippen molar-refractivity contribution in [2.75, 3.05) is 30.0 Å². The molecule has 0 radical (unpaired) electrons. The van der Waals surface area contributed by atoms with Crippen molar-refractivity contribution in [2.45, 2.75) is 38.1 Å². The van der Waals surface area contributed by atoms with Crippen molar-refractivity contribution in [3.8, 4) is 6.19 Å². The first-order valence-corrected chi connectivity index (χ1v) is 12.9. The normalized spacial score (nSPS) is 26.5. The van der Waals surface area contributed by atoms with Crippen LogP contribution < -0.4 is 15.5 Å². The van der Waals surface area contributed by atoms with Crippen LogP contribution >= 0.6 is 22.9 Å². The first-order chi connectivity index (χ1) is 16.9. The van der Waals surface area contributed by atoms with Gasteiger partial charge in [-0.1, -0.05) is 11.6 Å². The lowest BCUT2D eigenvalue weighted by molar-refractivity contribution is -0.122. The van der Waals surface area contributed by atoms with E-state index in [1.54, 1.807) is 12.1 Å². The Hall–Kier alpha value is -2.93. The van der Waals surface area contributed by atoms with Gasteiger partial charge in [-0.15, -0.1) is 11.3 Å². The second kappa shape index (κ2) is 9.61. The standard InChI is InChI=1S/C25H26ClN5O3S/c1-15-10-18(2-3-19(15)31-7-9-34-8-6-22(31)28-14-27)29-24(33)25(12-16-11-17(16)13-25)30-23(32)20-4-5-21(26)35-20/h2-5,10,16-17H,6-9,11-13H2,1H3,(H,29,33)(H,30,32). The van der Waals surface area contributed by atoms with E-state index in [9.17, 15) is 9.59 Å². The predicted molar refractivity (Wildman–Crippen MR) is 136 cm³/mol. The van der Waals surface area contributed by atoms with E-state index in [0.29, 0.717) is 71.6 Å². The second-order valence-electron chi connectivity index (χ2n) is 9.40. The molecule has 35 heavy (non-hydrogen) atoms. The van der Waals surface area contributed by atoms with Gasteiger partial charge < -0.3 is 20.3 Å². The van der Waals surface area contributed by atoms with Gasteiger partial charge in [0.25, 0.3) is 5.91 Å². The Morgan fingerprint density at radius 2 is 2.06 bits per heavy atom. The van der Waals surface area contributed by atoms with E-state index in [1.807, 2.05) is 36.2 Å². The molecule has 0 bridgehead atoms. The zero-order chi connectivity index (χ0) is 24.6. The molecule has 1 saturated heterocycles. The smallest absolute Gasteiger partial charge is 0.262 e. The quantitative estimate of drug-likeness (QED) is 0.580. The molecule has 2 N–H and O–H groups in total. The number of halogens is 1. The number of anilines is 2. The third-order valence-corrected chi connectivity index (χ3v) is 8.27. The first-order valence-electron chi connectivity index (χ1n) is 11.7. The number of benzene rings is 1. The van der Waals surface area contributed by atoms with Crippen LogP contribution in [0.2, 0.25) is 4.34 Å². The monoisotopic (exact) mass is 511 g/mol. The summed E-state index contributed by atoms with van der Waals surface area (Å²) in [6, 6.07) is 9.05. The predicted octanol–water partition coefficient (Wildman–Crippen LogP) is 4.35. The number of carbonyl (C=O) groups is 2. The van der Waals surface area contributed by atoms with Crippen LogP contribution in [0.5, 0.6) is 0 Å². The molecule has 1 aromatic heterocycles. The van der Waals surface area contributed by atoms with Gasteiger partial charge in [-0.2, -0.15) is 10.3 Å². The maximum Gasteiger partial charge on any atom is 0.262 e. The molecule has 5 rings (SSSR count). The summed E-state index contributed by atoms with van der Waals surface area (Å²) in [5, 5.41) is 15.2. The number of amides is 2. The van der Waals surface area contributed by atoms with E-state index in [0.717, 1.165) is 17.7 Å². The highest BCUT2D eigenvalue weighted by Crippen LogP contribution is 2.56. The highest BCUT2D eigenvalue weighted by Gasteiger charge is 2.58. The highest BCUT2D eigenvalue weighted by molar-refractivity contribution is 7.18. The number of ether oxygens (including phenoxy) is 1. The SMILES string of the molecule is Cc1cc(NC(=O)C2(NC(=O)c3ccc(Cl)s3)CC3CC3C2)ccc1N1CCOCCC1=NC#N. The Labute approximate surface area is 212 Å². The first kappa shape index (κ1) is 23.8. The number of rotatable bonds is 5. The van der Waals surface area contributed by atoms with Crippen LogP contribution in [0.15, 0.2) is 35.3 Å². The van der Waals surface area contributed by atoms with Gasteiger partial charge in [0.15, 0.2) is 0 Å². The number of thiophene rings is 1. The molecule has 2 aliphatic carbocycles. The minimum atomic E-state index is -0.928. The van der Waals surface area contributed by atoms with Crippen LogP contribution in [0.1, 0.15) is 40.9 Å². The maximum absolute atomic E-state index is 13.5. The molecule has 3 fully saturated rings. The number of fused-ring (bicyclic) bond motifs is 1. The molecule has 8 nitrogen and oxygen atoms in total. The minimum Gasteiger partial charge on any atom is -0.379 e. The Balaban J connectivity index is 1.34. The van der Waals surface area contributed by atoms with Crippen molar-refractivity contribution in [2.24, 2.45) is 16.8 Å². The van der Waals surface area contributed by atoms with Crippen molar-refractivity contribution >= 4 is 52.0 Å². The average Bonchev–Trinajstić information content (AvgIpc) is 3.31. The molecule has 2 heterocycles. The Morgan fingerprint density at radius 1 is 1.26 bits per heavy atom. The van der Waals surface area contributed by atoms with Crippen LogP contribution in [0.3, 0.4) is 0 Å². The number of aliphatic imine (C=N–C) groups is 1. The lowest BCUT2D eigenvalue weighted by Crippen LogP contribution is -2.55. The van der Waals surface area contributed by atoms with E-state index in [4.69, 9.17) is 21.6 Å². The average molecular weight is 512 g/mol. The molecule has 2 saturated carbocycles. The molecule has 182 valence electrons. The van der Waals surface area contributed by atoms with Crippen molar-refractivity contribution in [1.29, 1.82) is 5.26 Å². The molecule has 2 atom stereocenters. The molecular formula is C25H26ClN5O3S. The van der Waals surface area contributed by atoms with Crippen molar-refractivity contribution in [3.63, 3.8) is 0 Å². The van der Waals surface area contributed by atoms with Gasteiger partial charge >= 0.3 is 0 Å². The van der Waals surface area contributed by atoms with E-state index in [1.165, 1.54) is 11.3 Å². The number of carbonyl (C=O) groups excluding carboxylic acids is 2. The highest BCUT2D eigenvalue weighted by atomic mass is 35.5. The fourth-order valence-electron chi connectivity index (χ4n) is 5.25. The van der Waals surface area contributed by atoms with E-state index in [2.05, 4.69) is 15.6 Å². The van der Waals surface area contributed by atoms with Crippen LogP contribution in [0, 0.1) is 30.2 Å².